The van der Waals surface area contributed by atoms with E-state index in [1.165, 1.54) is 0 Å². The molecule has 1 rings (SSSR count). The van der Waals surface area contributed by atoms with Gasteiger partial charge in [0.1, 0.15) is 5.69 Å². The van der Waals surface area contributed by atoms with Crippen molar-refractivity contribution in [2.45, 2.75) is 0 Å². The molecule has 1 heterocycles. The number of halogens is 1. The molecule has 0 aliphatic heterocycles. The van der Waals surface area contributed by atoms with Crippen LogP contribution in [0.5, 0.6) is 0 Å². The first kappa shape index (κ1) is 5.38. The van der Waals surface area contributed by atoms with Crippen LogP contribution in [0.3, 0.4) is 0 Å². The summed E-state index contributed by atoms with van der Waals surface area (Å²) in [5, 5.41) is 0.493. The van der Waals surface area contributed by atoms with Crippen molar-refractivity contribution in [3.63, 3.8) is 0 Å². The minimum atomic E-state index is 0.493. The molecule has 0 aromatic carbocycles. The van der Waals surface area contributed by atoms with E-state index in [9.17, 15) is 0 Å². The molecule has 0 atom stereocenters. The summed E-state index contributed by atoms with van der Waals surface area (Å²) in [5.74, 6) is 0. The average molecular weight is 130 g/mol. The Labute approximate surface area is 52.3 Å². The molecule has 3 heteroatoms. The first-order chi connectivity index (χ1) is 3.80. The van der Waals surface area contributed by atoms with Gasteiger partial charge in [-0.15, -0.1) is 0 Å². The second-order valence-corrected chi connectivity index (χ2v) is 1.82. The van der Waals surface area contributed by atoms with Gasteiger partial charge in [-0.25, -0.2) is 0 Å². The van der Waals surface area contributed by atoms with E-state index in [1.807, 2.05) is 0 Å². The molecular weight excluding hydrogens is 124 g/mol. The zero-order valence-corrected chi connectivity index (χ0v) is 4.94. The normalized spacial score (nSPS) is 9.12. The Morgan fingerprint density at radius 1 is 1.62 bits per heavy atom. The van der Waals surface area contributed by atoms with Gasteiger partial charge in [-0.3, -0.25) is 0 Å². The highest BCUT2D eigenvalue weighted by Crippen LogP contribution is 2.07. The van der Waals surface area contributed by atoms with Gasteiger partial charge in [0.25, 0.3) is 5.15 Å². The molecule has 0 spiro atoms. The molecule has 0 saturated carbocycles. The molecule has 0 radical (unpaired) electrons. The monoisotopic (exact) mass is 129 g/mol. The van der Waals surface area contributed by atoms with E-state index in [4.69, 9.17) is 17.3 Å². The standard InChI is InChI=1S/C5H5ClN2/c6-5-4(7)2-1-3-8-5/h1-3H,7H2/p+1. The Balaban J connectivity index is 3.13. The largest absolute Gasteiger partial charge is 0.393 e. The fourth-order valence-electron chi connectivity index (χ4n) is 0.430. The molecule has 8 heavy (non-hydrogen) atoms. The molecular formula is C5H6ClN2+. The van der Waals surface area contributed by atoms with Gasteiger partial charge in [-0.05, 0) is 17.7 Å². The third-order valence-corrected chi connectivity index (χ3v) is 1.16. The van der Waals surface area contributed by atoms with Gasteiger partial charge < -0.3 is 5.73 Å². The molecule has 0 unspecified atom stereocenters. The van der Waals surface area contributed by atoms with Crippen LogP contribution in [0.4, 0.5) is 5.69 Å². The lowest BCUT2D eigenvalue weighted by Crippen LogP contribution is -2.04. The fourth-order valence-corrected chi connectivity index (χ4v) is 0.556. The van der Waals surface area contributed by atoms with Crippen molar-refractivity contribution in [3.05, 3.63) is 23.5 Å². The van der Waals surface area contributed by atoms with Crippen LogP contribution in [0.25, 0.3) is 0 Å². The molecule has 0 saturated heterocycles. The van der Waals surface area contributed by atoms with Gasteiger partial charge in [0.05, 0.1) is 0 Å². The number of rotatable bonds is 0. The predicted octanol–water partition coefficient (Wildman–Crippen LogP) is 0.736. The van der Waals surface area contributed by atoms with Gasteiger partial charge in [0.15, 0.2) is 6.20 Å². The van der Waals surface area contributed by atoms with E-state index in [0.717, 1.165) is 0 Å². The molecule has 3 N–H and O–H groups in total. The number of aromatic nitrogens is 1. The topological polar surface area (TPSA) is 40.2 Å². The summed E-state index contributed by atoms with van der Waals surface area (Å²) in [5.41, 5.74) is 5.93. The summed E-state index contributed by atoms with van der Waals surface area (Å²) >= 11 is 5.53. The predicted molar refractivity (Wildman–Crippen MR) is 32.4 cm³/mol. The minimum Gasteiger partial charge on any atom is -0.393 e. The molecule has 1 aromatic heterocycles. The van der Waals surface area contributed by atoms with Crippen molar-refractivity contribution >= 4 is 17.3 Å². The summed E-state index contributed by atoms with van der Waals surface area (Å²) in [7, 11) is 0. The molecule has 2 nitrogen and oxygen atoms in total. The molecule has 0 aliphatic carbocycles. The second-order valence-electron chi connectivity index (χ2n) is 1.44. The Morgan fingerprint density at radius 2 is 2.38 bits per heavy atom. The third-order valence-electron chi connectivity index (χ3n) is 0.836. The first-order valence-electron chi connectivity index (χ1n) is 2.22. The maximum Gasteiger partial charge on any atom is 0.296 e. The number of anilines is 1. The fraction of sp³-hybridized carbons (Fsp3) is 0. The van der Waals surface area contributed by atoms with Crippen molar-refractivity contribution in [1.82, 2.24) is 0 Å². The van der Waals surface area contributed by atoms with Crippen LogP contribution in [-0.2, 0) is 0 Å². The summed E-state index contributed by atoms with van der Waals surface area (Å²) in [6.07, 6.45) is 1.72. The van der Waals surface area contributed by atoms with Crippen LogP contribution >= 0.6 is 11.6 Å². The maximum atomic E-state index is 5.53. The van der Waals surface area contributed by atoms with E-state index in [0.29, 0.717) is 10.8 Å². The smallest absolute Gasteiger partial charge is 0.296 e. The maximum absolute atomic E-state index is 5.53. The number of hydrogen-bond acceptors (Lipinski definition) is 1. The molecule has 0 aliphatic rings. The lowest BCUT2D eigenvalue weighted by molar-refractivity contribution is -0.374. The third kappa shape index (κ3) is 0.898. The van der Waals surface area contributed by atoms with Crippen LogP contribution in [0.2, 0.25) is 5.15 Å². The lowest BCUT2D eigenvalue weighted by Gasteiger charge is -1.84. The van der Waals surface area contributed by atoms with Crippen LogP contribution in [-0.4, -0.2) is 0 Å². The van der Waals surface area contributed by atoms with Crippen LogP contribution in [0.15, 0.2) is 18.3 Å². The zero-order valence-electron chi connectivity index (χ0n) is 4.19. The van der Waals surface area contributed by atoms with E-state index < -0.39 is 0 Å². The van der Waals surface area contributed by atoms with E-state index >= 15 is 0 Å². The highest BCUT2D eigenvalue weighted by atomic mass is 35.5. The van der Waals surface area contributed by atoms with Crippen molar-refractivity contribution in [2.24, 2.45) is 0 Å². The second kappa shape index (κ2) is 2.01. The lowest BCUT2D eigenvalue weighted by atomic mass is 10.4. The van der Waals surface area contributed by atoms with Crippen molar-refractivity contribution < 1.29 is 4.98 Å². The molecule has 0 amide bonds. The highest BCUT2D eigenvalue weighted by Gasteiger charge is 1.96. The van der Waals surface area contributed by atoms with Gasteiger partial charge >= 0.3 is 0 Å². The number of nitrogen functional groups attached to an aromatic ring is 1. The number of aromatic amines is 1. The van der Waals surface area contributed by atoms with Crippen LogP contribution < -0.4 is 10.7 Å². The Morgan fingerprint density at radius 3 is 2.75 bits per heavy atom. The van der Waals surface area contributed by atoms with Gasteiger partial charge in [-0.1, -0.05) is 0 Å². The number of nitrogens with two attached hydrogens (primary N) is 1. The van der Waals surface area contributed by atoms with E-state index in [2.05, 4.69) is 4.98 Å². The number of hydrogen-bond donors (Lipinski definition) is 1. The van der Waals surface area contributed by atoms with Crippen LogP contribution in [0.1, 0.15) is 0 Å². The summed E-state index contributed by atoms with van der Waals surface area (Å²) in [4.78, 5) is 2.74. The number of H-pyrrole nitrogens is 1. The quantitative estimate of drug-likeness (QED) is 0.516. The summed E-state index contributed by atoms with van der Waals surface area (Å²) in [6.45, 7) is 0. The van der Waals surface area contributed by atoms with E-state index in [-0.39, 0.29) is 0 Å². The van der Waals surface area contributed by atoms with Crippen molar-refractivity contribution in [3.8, 4) is 0 Å². The number of nitrogens with one attached hydrogen (secondary N) is 1. The average Bonchev–Trinajstić information content (AvgIpc) is 1.77. The van der Waals surface area contributed by atoms with Crippen molar-refractivity contribution in [1.29, 1.82) is 0 Å². The van der Waals surface area contributed by atoms with Crippen molar-refractivity contribution in [2.75, 3.05) is 5.73 Å². The molecule has 0 fully saturated rings. The molecule has 1 aromatic rings. The first-order valence-corrected chi connectivity index (χ1v) is 2.60. The Kier molecular flexibility index (Phi) is 1.35. The Bertz CT molecular complexity index is 167. The van der Waals surface area contributed by atoms with E-state index in [1.54, 1.807) is 18.3 Å². The summed E-state index contributed by atoms with van der Waals surface area (Å²) < 4.78 is 0. The minimum absolute atomic E-state index is 0.493. The zero-order chi connectivity index (χ0) is 5.98. The van der Waals surface area contributed by atoms with Gasteiger partial charge in [-0.2, -0.15) is 4.98 Å². The SMILES string of the molecule is Nc1ccc[nH+]c1Cl. The van der Waals surface area contributed by atoms with Crippen LogP contribution in [0, 0.1) is 0 Å². The summed E-state index contributed by atoms with van der Waals surface area (Å²) in [6, 6.07) is 3.53. The van der Waals surface area contributed by atoms with Gasteiger partial charge in [0.2, 0.25) is 0 Å². The Hall–Kier alpha value is -0.760. The highest BCUT2D eigenvalue weighted by molar-refractivity contribution is 6.30. The molecule has 42 valence electrons. The van der Waals surface area contributed by atoms with Gasteiger partial charge in [0, 0.05) is 6.07 Å². The molecule has 0 bridgehead atoms. The number of pyridine rings is 1.